The maximum absolute atomic E-state index is 12.7. The minimum absolute atomic E-state index is 0.0253. The number of amidine groups is 1. The van der Waals surface area contributed by atoms with E-state index in [-0.39, 0.29) is 22.8 Å². The van der Waals surface area contributed by atoms with Gasteiger partial charge in [-0.2, -0.15) is 4.99 Å². The van der Waals surface area contributed by atoms with Crippen molar-refractivity contribution in [1.82, 2.24) is 5.32 Å². The molecule has 2 heterocycles. The van der Waals surface area contributed by atoms with E-state index < -0.39 is 33.5 Å². The first-order chi connectivity index (χ1) is 13.8. The fraction of sp³-hybridized carbons (Fsp3) is 0.550. The van der Waals surface area contributed by atoms with Gasteiger partial charge in [-0.1, -0.05) is 29.5 Å². The van der Waals surface area contributed by atoms with E-state index in [0.29, 0.717) is 5.17 Å². The third-order valence-corrected chi connectivity index (χ3v) is 7.90. The lowest BCUT2D eigenvalue weighted by molar-refractivity contribution is -0.119. The zero-order chi connectivity index (χ0) is 22.3. The fourth-order valence-electron chi connectivity index (χ4n) is 3.31. The minimum Gasteiger partial charge on any atom is -0.444 e. The van der Waals surface area contributed by atoms with Crippen LogP contribution in [0.15, 0.2) is 29.3 Å². The predicted molar refractivity (Wildman–Crippen MR) is 119 cm³/mol. The number of rotatable bonds is 3. The summed E-state index contributed by atoms with van der Waals surface area (Å²) in [6, 6.07) is 6.50. The first-order valence-electron chi connectivity index (χ1n) is 9.70. The number of fused-ring (bicyclic) bond motifs is 1. The average Bonchev–Trinajstić information content (AvgIpc) is 3.04. The molecule has 0 unspecified atom stereocenters. The van der Waals surface area contributed by atoms with E-state index in [1.165, 1.54) is 18.7 Å². The molecule has 1 aromatic rings. The Labute approximate surface area is 181 Å². The van der Waals surface area contributed by atoms with Crippen LogP contribution in [0.4, 0.5) is 10.5 Å². The van der Waals surface area contributed by atoms with Crippen molar-refractivity contribution in [3.05, 3.63) is 29.8 Å². The van der Waals surface area contributed by atoms with Crippen LogP contribution in [0.3, 0.4) is 0 Å². The van der Waals surface area contributed by atoms with Crippen molar-refractivity contribution in [3.63, 3.8) is 0 Å². The summed E-state index contributed by atoms with van der Waals surface area (Å²) in [4.78, 5) is 30.7. The summed E-state index contributed by atoms with van der Waals surface area (Å²) < 4.78 is 29.5. The number of aliphatic imine (C=N–C) groups is 1. The monoisotopic (exact) mass is 453 g/mol. The molecule has 3 atom stereocenters. The van der Waals surface area contributed by atoms with Gasteiger partial charge in [-0.05, 0) is 46.8 Å². The van der Waals surface area contributed by atoms with Gasteiger partial charge in [-0.3, -0.25) is 4.79 Å². The molecule has 1 N–H and O–H groups in total. The Kier molecular flexibility index (Phi) is 6.20. The summed E-state index contributed by atoms with van der Waals surface area (Å²) >= 11 is 1.30. The highest BCUT2D eigenvalue weighted by atomic mass is 32.2. The van der Waals surface area contributed by atoms with Crippen LogP contribution in [-0.4, -0.2) is 60.0 Å². The van der Waals surface area contributed by atoms with Crippen LogP contribution in [0, 0.1) is 6.92 Å². The molecule has 30 heavy (non-hydrogen) atoms. The van der Waals surface area contributed by atoms with Gasteiger partial charge >= 0.3 is 6.09 Å². The molecule has 3 rings (SSSR count). The Hall–Kier alpha value is -2.07. The van der Waals surface area contributed by atoms with Crippen molar-refractivity contribution >= 4 is 44.5 Å². The van der Waals surface area contributed by atoms with Crippen molar-refractivity contribution < 1.29 is 22.7 Å². The van der Waals surface area contributed by atoms with Gasteiger partial charge in [0, 0.05) is 10.9 Å². The van der Waals surface area contributed by atoms with E-state index in [4.69, 9.17) is 4.74 Å². The fourth-order valence-corrected chi connectivity index (χ4v) is 7.23. The van der Waals surface area contributed by atoms with E-state index >= 15 is 0 Å². The number of benzene rings is 1. The number of hydrogen-bond acceptors (Lipinski definition) is 6. The maximum Gasteiger partial charge on any atom is 0.408 e. The molecule has 2 fully saturated rings. The second-order valence-corrected chi connectivity index (χ2v) is 12.0. The van der Waals surface area contributed by atoms with Gasteiger partial charge in [0.05, 0.1) is 17.5 Å². The first-order valence-corrected chi connectivity index (χ1v) is 12.4. The third-order valence-electron chi connectivity index (χ3n) is 4.69. The van der Waals surface area contributed by atoms with Gasteiger partial charge in [0.25, 0.3) is 5.91 Å². The van der Waals surface area contributed by atoms with E-state index in [0.717, 1.165) is 11.3 Å². The van der Waals surface area contributed by atoms with Crippen molar-refractivity contribution in [1.29, 1.82) is 0 Å². The topological polar surface area (TPSA) is 105 Å². The summed E-state index contributed by atoms with van der Waals surface area (Å²) in [5.74, 6) is -0.440. The molecule has 0 aromatic heterocycles. The Morgan fingerprint density at radius 1 is 1.23 bits per heavy atom. The smallest absolute Gasteiger partial charge is 0.408 e. The van der Waals surface area contributed by atoms with Crippen LogP contribution < -0.4 is 10.2 Å². The number of thioether (sulfide) groups is 1. The molecule has 10 heteroatoms. The normalized spacial score (nSPS) is 25.1. The van der Waals surface area contributed by atoms with Crippen LogP contribution in [0.2, 0.25) is 0 Å². The Morgan fingerprint density at radius 3 is 2.47 bits per heavy atom. The number of alkyl carbamates (subject to hydrolysis) is 1. The number of anilines is 1. The molecule has 0 bridgehead atoms. The van der Waals surface area contributed by atoms with Crippen LogP contribution in [0.25, 0.3) is 0 Å². The van der Waals surface area contributed by atoms with Crippen LogP contribution >= 0.6 is 11.8 Å². The number of sulfone groups is 1. The number of carbonyl (C=O) groups is 2. The molecule has 164 valence electrons. The lowest BCUT2D eigenvalue weighted by Crippen LogP contribution is -2.42. The lowest BCUT2D eigenvalue weighted by Gasteiger charge is -2.25. The van der Waals surface area contributed by atoms with E-state index in [9.17, 15) is 18.0 Å². The number of amides is 2. The standard InChI is InChI=1S/C20H27N3O5S2/c1-12-6-8-14(9-7-12)23-15-10-30(26,27)11-16(15)29-18(23)22-17(24)13(2)21-19(25)28-20(3,4)5/h6-9,13,15-16H,10-11H2,1-5H3,(H,21,25)/t13-,15-,16-/m0/s1. The molecule has 8 nitrogen and oxygen atoms in total. The maximum atomic E-state index is 12.7. The van der Waals surface area contributed by atoms with Crippen molar-refractivity contribution in [2.75, 3.05) is 16.4 Å². The highest BCUT2D eigenvalue weighted by molar-refractivity contribution is 8.16. The third kappa shape index (κ3) is 5.34. The summed E-state index contributed by atoms with van der Waals surface area (Å²) in [6.07, 6.45) is -0.694. The van der Waals surface area contributed by atoms with Crippen molar-refractivity contribution in [2.24, 2.45) is 4.99 Å². The van der Waals surface area contributed by atoms with Gasteiger partial charge in [-0.25, -0.2) is 13.2 Å². The van der Waals surface area contributed by atoms with Gasteiger partial charge in [0.1, 0.15) is 11.6 Å². The average molecular weight is 454 g/mol. The van der Waals surface area contributed by atoms with Crippen LogP contribution in [0.1, 0.15) is 33.3 Å². The minimum atomic E-state index is -3.13. The lowest BCUT2D eigenvalue weighted by atomic mass is 10.1. The molecular weight excluding hydrogens is 426 g/mol. The molecular formula is C20H27N3O5S2. The molecule has 2 saturated heterocycles. The van der Waals surface area contributed by atoms with Gasteiger partial charge < -0.3 is 15.0 Å². The highest BCUT2D eigenvalue weighted by Crippen LogP contribution is 2.41. The summed E-state index contributed by atoms with van der Waals surface area (Å²) in [5.41, 5.74) is 1.19. The number of hydrogen-bond donors (Lipinski definition) is 1. The molecule has 0 aliphatic carbocycles. The van der Waals surface area contributed by atoms with E-state index in [2.05, 4.69) is 10.3 Å². The largest absolute Gasteiger partial charge is 0.444 e. The summed E-state index contributed by atoms with van der Waals surface area (Å²) in [6.45, 7) is 8.72. The molecule has 1 aromatic carbocycles. The second-order valence-electron chi connectivity index (χ2n) is 8.61. The molecule has 0 radical (unpaired) electrons. The Balaban J connectivity index is 1.82. The highest BCUT2D eigenvalue weighted by Gasteiger charge is 2.49. The van der Waals surface area contributed by atoms with Gasteiger partial charge in [-0.15, -0.1) is 0 Å². The summed E-state index contributed by atoms with van der Waals surface area (Å²) in [5, 5.41) is 2.76. The summed E-state index contributed by atoms with van der Waals surface area (Å²) in [7, 11) is -3.13. The van der Waals surface area contributed by atoms with Crippen LogP contribution in [0.5, 0.6) is 0 Å². The molecule has 2 amide bonds. The predicted octanol–water partition coefficient (Wildman–Crippen LogP) is 2.51. The number of aryl methyl sites for hydroxylation is 1. The molecule has 2 aliphatic heterocycles. The Morgan fingerprint density at radius 2 is 1.87 bits per heavy atom. The second kappa shape index (κ2) is 8.22. The first kappa shape index (κ1) is 22.6. The number of ether oxygens (including phenoxy) is 1. The van der Waals surface area contributed by atoms with Gasteiger partial charge in [0.2, 0.25) is 0 Å². The van der Waals surface area contributed by atoms with E-state index in [1.54, 1.807) is 20.8 Å². The van der Waals surface area contributed by atoms with Gasteiger partial charge in [0.15, 0.2) is 15.0 Å². The van der Waals surface area contributed by atoms with Crippen molar-refractivity contribution in [3.8, 4) is 0 Å². The zero-order valence-corrected chi connectivity index (χ0v) is 19.3. The quantitative estimate of drug-likeness (QED) is 0.750. The number of nitrogens with zero attached hydrogens (tertiary/aromatic N) is 2. The SMILES string of the molecule is Cc1ccc(N2C(=NC(=O)[C@H](C)NC(=O)OC(C)(C)C)S[C@H]3CS(=O)(=O)C[C@@H]32)cc1. The van der Waals surface area contributed by atoms with E-state index in [1.807, 2.05) is 36.1 Å². The molecule has 0 saturated carbocycles. The Bertz CT molecular complexity index is 967. The van der Waals surface area contributed by atoms with Crippen molar-refractivity contribution in [2.45, 2.75) is 57.6 Å². The number of nitrogens with one attached hydrogen (secondary N) is 1. The molecule has 0 spiro atoms. The van der Waals surface area contributed by atoms with Crippen LogP contribution in [-0.2, 0) is 19.4 Å². The number of carbonyl (C=O) groups excluding carboxylic acids is 2. The molecule has 2 aliphatic rings. The zero-order valence-electron chi connectivity index (χ0n) is 17.7.